The Labute approximate surface area is 127 Å². The molecule has 20 heavy (non-hydrogen) atoms. The van der Waals surface area contributed by atoms with E-state index >= 15 is 0 Å². The lowest BCUT2D eigenvalue weighted by Gasteiger charge is -2.37. The number of benzene rings is 1. The minimum atomic E-state index is 0.517. The third-order valence-electron chi connectivity index (χ3n) is 4.82. The summed E-state index contributed by atoms with van der Waals surface area (Å²) in [4.78, 5) is 2.44. The second-order valence-corrected chi connectivity index (χ2v) is 7.10. The average molecular weight is 293 g/mol. The maximum absolute atomic E-state index is 6.02. The molecule has 1 aliphatic heterocycles. The van der Waals surface area contributed by atoms with Gasteiger partial charge in [-0.05, 0) is 62.4 Å². The maximum Gasteiger partial charge on any atom is 0.0406 e. The number of nitrogens with zero attached hydrogens (tertiary/aromatic N) is 1. The molecule has 2 aliphatic rings. The molecule has 0 spiro atoms. The molecule has 0 bridgehead atoms. The molecular formula is C17H25ClN2. The summed E-state index contributed by atoms with van der Waals surface area (Å²) in [6.07, 6.45) is 3.98. The predicted molar refractivity (Wildman–Crippen MR) is 85.1 cm³/mol. The third-order valence-corrected chi connectivity index (χ3v) is 5.08. The number of rotatable bonds is 4. The molecule has 1 heterocycles. The molecule has 2 nitrogen and oxygen atoms in total. The molecule has 1 N–H and O–H groups in total. The van der Waals surface area contributed by atoms with Crippen molar-refractivity contribution in [2.45, 2.75) is 38.3 Å². The second-order valence-electron chi connectivity index (χ2n) is 6.67. The normalized spacial score (nSPS) is 29.4. The molecule has 1 saturated carbocycles. The Morgan fingerprint density at radius 2 is 1.90 bits per heavy atom. The fraction of sp³-hybridized carbons (Fsp3) is 0.647. The molecule has 0 radical (unpaired) electrons. The van der Waals surface area contributed by atoms with E-state index in [-0.39, 0.29) is 0 Å². The lowest BCUT2D eigenvalue weighted by molar-refractivity contribution is 0.163. The molecule has 3 unspecified atom stereocenters. The molecule has 3 heteroatoms. The number of piperidine rings is 1. The SMILES string of the molecule is CC1CN(C)CCC1NC(c1ccc(Cl)cc1)C1CC1. The van der Waals surface area contributed by atoms with Crippen LogP contribution < -0.4 is 5.32 Å². The van der Waals surface area contributed by atoms with Crippen molar-refractivity contribution in [2.24, 2.45) is 11.8 Å². The summed E-state index contributed by atoms with van der Waals surface area (Å²) in [5, 5.41) is 4.78. The monoisotopic (exact) mass is 292 g/mol. The highest BCUT2D eigenvalue weighted by atomic mass is 35.5. The zero-order chi connectivity index (χ0) is 14.1. The zero-order valence-electron chi connectivity index (χ0n) is 12.5. The standard InChI is InChI=1S/C17H25ClN2/c1-12-11-20(2)10-9-16(12)19-17(13-3-4-13)14-5-7-15(18)8-6-14/h5-8,12-13,16-17,19H,3-4,9-11H2,1-2H3. The Bertz CT molecular complexity index is 441. The van der Waals surface area contributed by atoms with E-state index in [1.165, 1.54) is 37.9 Å². The Kier molecular flexibility index (Phi) is 4.34. The molecule has 0 aromatic heterocycles. The van der Waals surface area contributed by atoms with Crippen LogP contribution in [0.25, 0.3) is 0 Å². The Balaban J connectivity index is 1.70. The molecule has 1 aliphatic carbocycles. The smallest absolute Gasteiger partial charge is 0.0406 e. The van der Waals surface area contributed by atoms with E-state index in [2.05, 4.69) is 36.3 Å². The van der Waals surface area contributed by atoms with Gasteiger partial charge in [0.1, 0.15) is 0 Å². The van der Waals surface area contributed by atoms with Gasteiger partial charge in [0.2, 0.25) is 0 Å². The van der Waals surface area contributed by atoms with E-state index in [0.717, 1.165) is 16.9 Å². The first-order chi connectivity index (χ1) is 9.63. The average Bonchev–Trinajstić information content (AvgIpc) is 3.24. The minimum absolute atomic E-state index is 0.517. The van der Waals surface area contributed by atoms with Crippen LogP contribution in [0.4, 0.5) is 0 Å². The highest BCUT2D eigenvalue weighted by Crippen LogP contribution is 2.42. The van der Waals surface area contributed by atoms with E-state index in [9.17, 15) is 0 Å². The van der Waals surface area contributed by atoms with Crippen LogP contribution in [0.2, 0.25) is 5.02 Å². The van der Waals surface area contributed by atoms with Gasteiger partial charge in [-0.15, -0.1) is 0 Å². The summed E-state index contributed by atoms with van der Waals surface area (Å²) in [6, 6.07) is 9.59. The van der Waals surface area contributed by atoms with Crippen LogP contribution in [0.15, 0.2) is 24.3 Å². The van der Waals surface area contributed by atoms with Gasteiger partial charge in [-0.25, -0.2) is 0 Å². The van der Waals surface area contributed by atoms with Gasteiger partial charge in [0, 0.05) is 23.7 Å². The molecule has 2 fully saturated rings. The van der Waals surface area contributed by atoms with Gasteiger partial charge in [-0.2, -0.15) is 0 Å². The largest absolute Gasteiger partial charge is 0.307 e. The van der Waals surface area contributed by atoms with Gasteiger partial charge in [0.25, 0.3) is 0 Å². The highest BCUT2D eigenvalue weighted by molar-refractivity contribution is 6.30. The molecule has 1 saturated heterocycles. The Morgan fingerprint density at radius 1 is 1.20 bits per heavy atom. The van der Waals surface area contributed by atoms with E-state index in [4.69, 9.17) is 11.6 Å². The Morgan fingerprint density at radius 3 is 2.50 bits per heavy atom. The summed E-state index contributed by atoms with van der Waals surface area (Å²) in [5.41, 5.74) is 1.41. The third kappa shape index (κ3) is 3.36. The number of hydrogen-bond donors (Lipinski definition) is 1. The molecule has 110 valence electrons. The van der Waals surface area contributed by atoms with Crippen LogP contribution in [0.1, 0.15) is 37.8 Å². The molecule has 0 amide bonds. The van der Waals surface area contributed by atoms with E-state index in [1.54, 1.807) is 0 Å². The van der Waals surface area contributed by atoms with E-state index in [0.29, 0.717) is 12.1 Å². The van der Waals surface area contributed by atoms with Crippen LogP contribution in [-0.4, -0.2) is 31.1 Å². The fourth-order valence-electron chi connectivity index (χ4n) is 3.44. The summed E-state index contributed by atoms with van der Waals surface area (Å²) in [7, 11) is 2.23. The van der Waals surface area contributed by atoms with Crippen LogP contribution in [0.3, 0.4) is 0 Å². The van der Waals surface area contributed by atoms with Crippen molar-refractivity contribution >= 4 is 11.6 Å². The number of nitrogens with one attached hydrogen (secondary N) is 1. The molecule has 3 atom stereocenters. The van der Waals surface area contributed by atoms with Gasteiger partial charge in [-0.3, -0.25) is 0 Å². The molecule has 3 rings (SSSR count). The van der Waals surface area contributed by atoms with Gasteiger partial charge in [0.05, 0.1) is 0 Å². The van der Waals surface area contributed by atoms with Gasteiger partial charge in [-0.1, -0.05) is 30.7 Å². The van der Waals surface area contributed by atoms with Crippen LogP contribution >= 0.6 is 11.6 Å². The number of likely N-dealkylation sites (tertiary alicyclic amines) is 1. The molecule has 1 aromatic carbocycles. The van der Waals surface area contributed by atoms with Crippen molar-refractivity contribution < 1.29 is 0 Å². The van der Waals surface area contributed by atoms with Gasteiger partial charge < -0.3 is 10.2 Å². The second kappa shape index (κ2) is 6.05. The van der Waals surface area contributed by atoms with Crippen molar-refractivity contribution in [3.8, 4) is 0 Å². The van der Waals surface area contributed by atoms with Crippen LogP contribution in [0, 0.1) is 11.8 Å². The van der Waals surface area contributed by atoms with Crippen molar-refractivity contribution in [3.63, 3.8) is 0 Å². The van der Waals surface area contributed by atoms with Crippen molar-refractivity contribution in [1.82, 2.24) is 10.2 Å². The van der Waals surface area contributed by atoms with Gasteiger partial charge >= 0.3 is 0 Å². The van der Waals surface area contributed by atoms with E-state index in [1.807, 2.05) is 12.1 Å². The molecule has 1 aromatic rings. The van der Waals surface area contributed by atoms with Crippen LogP contribution in [0.5, 0.6) is 0 Å². The van der Waals surface area contributed by atoms with Gasteiger partial charge in [0.15, 0.2) is 0 Å². The van der Waals surface area contributed by atoms with Crippen LogP contribution in [-0.2, 0) is 0 Å². The first-order valence-corrected chi connectivity index (χ1v) is 8.21. The highest BCUT2D eigenvalue weighted by Gasteiger charge is 2.35. The quantitative estimate of drug-likeness (QED) is 0.910. The zero-order valence-corrected chi connectivity index (χ0v) is 13.2. The van der Waals surface area contributed by atoms with Crippen molar-refractivity contribution in [2.75, 3.05) is 20.1 Å². The predicted octanol–water partition coefficient (Wildman–Crippen LogP) is 3.72. The van der Waals surface area contributed by atoms with Crippen molar-refractivity contribution in [3.05, 3.63) is 34.9 Å². The van der Waals surface area contributed by atoms with Crippen molar-refractivity contribution in [1.29, 1.82) is 0 Å². The number of hydrogen-bond acceptors (Lipinski definition) is 2. The van der Waals surface area contributed by atoms with E-state index < -0.39 is 0 Å². The summed E-state index contributed by atoms with van der Waals surface area (Å²) in [6.45, 7) is 4.79. The summed E-state index contributed by atoms with van der Waals surface area (Å²) < 4.78 is 0. The Hall–Kier alpha value is -0.570. The molecular weight excluding hydrogens is 268 g/mol. The summed E-state index contributed by atoms with van der Waals surface area (Å²) in [5.74, 6) is 1.55. The number of halogens is 1. The minimum Gasteiger partial charge on any atom is -0.307 e. The lowest BCUT2D eigenvalue weighted by Crippen LogP contribution is -2.48. The first-order valence-electron chi connectivity index (χ1n) is 7.83. The maximum atomic E-state index is 6.02. The summed E-state index contributed by atoms with van der Waals surface area (Å²) >= 11 is 6.02. The fourth-order valence-corrected chi connectivity index (χ4v) is 3.56. The lowest BCUT2D eigenvalue weighted by atomic mass is 9.91. The first kappa shape index (κ1) is 14.4. The topological polar surface area (TPSA) is 15.3 Å².